The van der Waals surface area contributed by atoms with Gasteiger partial charge < -0.3 is 10.1 Å². The molecule has 0 aliphatic carbocycles. The van der Waals surface area contributed by atoms with Crippen LogP contribution in [0, 0.1) is 0 Å². The Morgan fingerprint density at radius 2 is 1.65 bits per heavy atom. The van der Waals surface area contributed by atoms with E-state index < -0.39 is 5.92 Å². The van der Waals surface area contributed by atoms with E-state index in [1.165, 1.54) is 0 Å². The van der Waals surface area contributed by atoms with E-state index in [1.807, 2.05) is 72.9 Å². The molecule has 1 amide bonds. The van der Waals surface area contributed by atoms with Crippen molar-refractivity contribution >= 4 is 17.1 Å². The number of anilines is 1. The molecule has 2 aromatic carbocycles. The Balaban J connectivity index is 1.55. The lowest BCUT2D eigenvalue weighted by molar-refractivity contribution is -0.116. The molecule has 1 aliphatic rings. The molecule has 26 heavy (non-hydrogen) atoms. The van der Waals surface area contributed by atoms with E-state index >= 15 is 0 Å². The standard InChI is InChI=1S/C21H15N3O2/c25-21(23-14-10-12-24-15(13-14)9-11-22-24)20-16-5-1-3-7-18(16)26-19-8-4-2-6-17(19)20/h1-13,20H,(H,23,25). The molecule has 126 valence electrons. The fourth-order valence-electron chi connectivity index (χ4n) is 3.41. The smallest absolute Gasteiger partial charge is 0.236 e. The van der Waals surface area contributed by atoms with Crippen LogP contribution in [0.25, 0.3) is 5.52 Å². The van der Waals surface area contributed by atoms with Crippen LogP contribution in [-0.2, 0) is 4.79 Å². The molecule has 2 aromatic heterocycles. The molecule has 3 heterocycles. The van der Waals surface area contributed by atoms with E-state index in [4.69, 9.17) is 4.74 Å². The highest BCUT2D eigenvalue weighted by atomic mass is 16.5. The Bertz CT molecular complexity index is 1090. The normalized spacial score (nSPS) is 12.9. The van der Waals surface area contributed by atoms with Gasteiger partial charge in [-0.25, -0.2) is 4.52 Å². The number of carbonyl (C=O) groups excluding carboxylic acids is 1. The number of fused-ring (bicyclic) bond motifs is 3. The largest absolute Gasteiger partial charge is 0.457 e. The van der Waals surface area contributed by atoms with E-state index in [2.05, 4.69) is 10.4 Å². The maximum Gasteiger partial charge on any atom is 0.236 e. The van der Waals surface area contributed by atoms with E-state index in [0.717, 1.165) is 33.8 Å². The molecule has 0 saturated heterocycles. The Kier molecular flexibility index (Phi) is 3.25. The number of hydrogen-bond acceptors (Lipinski definition) is 3. The minimum Gasteiger partial charge on any atom is -0.457 e. The van der Waals surface area contributed by atoms with Crippen molar-refractivity contribution in [2.24, 2.45) is 0 Å². The van der Waals surface area contributed by atoms with Crippen LogP contribution in [0.1, 0.15) is 17.0 Å². The van der Waals surface area contributed by atoms with Crippen molar-refractivity contribution in [3.05, 3.63) is 90.3 Å². The maximum absolute atomic E-state index is 13.2. The molecular weight excluding hydrogens is 326 g/mol. The van der Waals surface area contributed by atoms with E-state index in [-0.39, 0.29) is 5.91 Å². The van der Waals surface area contributed by atoms with Crippen LogP contribution < -0.4 is 10.1 Å². The molecule has 5 heteroatoms. The number of hydrogen-bond donors (Lipinski definition) is 1. The summed E-state index contributed by atoms with van der Waals surface area (Å²) < 4.78 is 7.72. The Labute approximate surface area is 149 Å². The van der Waals surface area contributed by atoms with Gasteiger partial charge in [-0.2, -0.15) is 5.10 Å². The van der Waals surface area contributed by atoms with Crippen LogP contribution in [0.2, 0.25) is 0 Å². The van der Waals surface area contributed by atoms with Crippen molar-refractivity contribution in [3.8, 4) is 11.5 Å². The van der Waals surface area contributed by atoms with Crippen LogP contribution in [0.5, 0.6) is 11.5 Å². The lowest BCUT2D eigenvalue weighted by Crippen LogP contribution is -2.25. The molecule has 5 nitrogen and oxygen atoms in total. The molecule has 1 aliphatic heterocycles. The monoisotopic (exact) mass is 341 g/mol. The SMILES string of the molecule is O=C(Nc1ccn2nccc2c1)C1c2ccccc2Oc2ccccc21. The van der Waals surface area contributed by atoms with Crippen molar-refractivity contribution in [2.45, 2.75) is 5.92 Å². The number of amides is 1. The molecule has 0 spiro atoms. The molecule has 4 aromatic rings. The summed E-state index contributed by atoms with van der Waals surface area (Å²) in [5.41, 5.74) is 3.41. The second-order valence-electron chi connectivity index (χ2n) is 6.22. The van der Waals surface area contributed by atoms with Gasteiger partial charge in [-0.05, 0) is 30.3 Å². The molecule has 0 atom stereocenters. The lowest BCUT2D eigenvalue weighted by atomic mass is 9.87. The second-order valence-corrected chi connectivity index (χ2v) is 6.22. The number of aromatic nitrogens is 2. The van der Waals surface area contributed by atoms with E-state index in [1.54, 1.807) is 10.7 Å². The van der Waals surface area contributed by atoms with Gasteiger partial charge in [0.15, 0.2) is 0 Å². The highest BCUT2D eigenvalue weighted by Crippen LogP contribution is 2.44. The number of ether oxygens (including phenoxy) is 1. The molecule has 5 rings (SSSR count). The molecule has 0 unspecified atom stereocenters. The van der Waals surface area contributed by atoms with Crippen LogP contribution in [0.15, 0.2) is 79.1 Å². The van der Waals surface area contributed by atoms with Gasteiger partial charge in [0.2, 0.25) is 5.91 Å². The highest BCUT2D eigenvalue weighted by molar-refractivity contribution is 5.99. The first-order chi connectivity index (χ1) is 12.8. The summed E-state index contributed by atoms with van der Waals surface area (Å²) >= 11 is 0. The Hall–Kier alpha value is -3.60. The predicted octanol–water partition coefficient (Wildman–Crippen LogP) is 4.21. The van der Waals surface area contributed by atoms with Gasteiger partial charge in [-0.15, -0.1) is 0 Å². The third-order valence-corrected chi connectivity index (χ3v) is 4.61. The fraction of sp³-hybridized carbons (Fsp3) is 0.0476. The zero-order valence-corrected chi connectivity index (χ0v) is 13.8. The number of nitrogens with zero attached hydrogens (tertiary/aromatic N) is 2. The van der Waals surface area contributed by atoms with Gasteiger partial charge in [0.05, 0.1) is 11.4 Å². The quantitative estimate of drug-likeness (QED) is 0.594. The molecule has 0 saturated carbocycles. The van der Waals surface area contributed by atoms with Gasteiger partial charge in [-0.1, -0.05) is 36.4 Å². The zero-order chi connectivity index (χ0) is 17.5. The van der Waals surface area contributed by atoms with Gasteiger partial charge in [-0.3, -0.25) is 4.79 Å². The van der Waals surface area contributed by atoms with Crippen LogP contribution in [0.3, 0.4) is 0 Å². The molecular formula is C21H15N3O2. The van der Waals surface area contributed by atoms with E-state index in [0.29, 0.717) is 0 Å². The average Bonchev–Trinajstić information content (AvgIpc) is 3.13. The minimum atomic E-state index is -0.419. The second kappa shape index (κ2) is 5.74. The van der Waals surface area contributed by atoms with Gasteiger partial charge in [0.25, 0.3) is 0 Å². The van der Waals surface area contributed by atoms with Crippen molar-refractivity contribution < 1.29 is 9.53 Å². The van der Waals surface area contributed by atoms with Gasteiger partial charge >= 0.3 is 0 Å². The molecule has 0 radical (unpaired) electrons. The molecule has 0 bridgehead atoms. The first-order valence-electron chi connectivity index (χ1n) is 8.39. The van der Waals surface area contributed by atoms with Crippen LogP contribution in [-0.4, -0.2) is 15.5 Å². The van der Waals surface area contributed by atoms with Crippen LogP contribution >= 0.6 is 0 Å². The Morgan fingerprint density at radius 1 is 0.962 bits per heavy atom. The molecule has 1 N–H and O–H groups in total. The summed E-state index contributed by atoms with van der Waals surface area (Å²) in [7, 11) is 0. The number of pyridine rings is 1. The minimum absolute atomic E-state index is 0.0861. The first-order valence-corrected chi connectivity index (χ1v) is 8.39. The van der Waals surface area contributed by atoms with E-state index in [9.17, 15) is 4.79 Å². The van der Waals surface area contributed by atoms with Gasteiger partial charge in [0, 0.05) is 29.2 Å². The summed E-state index contributed by atoms with van der Waals surface area (Å²) in [5, 5.41) is 7.22. The number of nitrogens with one attached hydrogen (secondary N) is 1. The fourth-order valence-corrected chi connectivity index (χ4v) is 3.41. The number of carbonyl (C=O) groups is 1. The Morgan fingerprint density at radius 3 is 2.38 bits per heavy atom. The summed E-state index contributed by atoms with van der Waals surface area (Å²) in [5.74, 6) is 0.935. The predicted molar refractivity (Wildman–Crippen MR) is 98.6 cm³/mol. The van der Waals surface area contributed by atoms with Crippen molar-refractivity contribution in [1.29, 1.82) is 0 Å². The average molecular weight is 341 g/mol. The summed E-state index contributed by atoms with van der Waals surface area (Å²) in [6, 6.07) is 21.0. The van der Waals surface area contributed by atoms with Crippen molar-refractivity contribution in [1.82, 2.24) is 9.61 Å². The topological polar surface area (TPSA) is 55.6 Å². The number of rotatable bonds is 2. The number of benzene rings is 2. The summed E-state index contributed by atoms with van der Waals surface area (Å²) in [6.45, 7) is 0. The summed E-state index contributed by atoms with van der Waals surface area (Å²) in [4.78, 5) is 13.2. The highest BCUT2D eigenvalue weighted by Gasteiger charge is 2.32. The first kappa shape index (κ1) is 14.7. The lowest BCUT2D eigenvalue weighted by Gasteiger charge is -2.27. The number of para-hydroxylation sites is 2. The third-order valence-electron chi connectivity index (χ3n) is 4.61. The maximum atomic E-state index is 13.2. The molecule has 0 fully saturated rings. The zero-order valence-electron chi connectivity index (χ0n) is 13.8. The van der Waals surface area contributed by atoms with Crippen molar-refractivity contribution in [2.75, 3.05) is 5.32 Å². The van der Waals surface area contributed by atoms with Crippen LogP contribution in [0.4, 0.5) is 5.69 Å². The van der Waals surface area contributed by atoms with Crippen molar-refractivity contribution in [3.63, 3.8) is 0 Å². The third kappa shape index (κ3) is 2.33. The van der Waals surface area contributed by atoms with Gasteiger partial charge in [0.1, 0.15) is 11.5 Å². The summed E-state index contributed by atoms with van der Waals surface area (Å²) in [6.07, 6.45) is 3.56.